The van der Waals surface area contributed by atoms with Gasteiger partial charge in [0.15, 0.2) is 0 Å². The molecule has 0 saturated carbocycles. The summed E-state index contributed by atoms with van der Waals surface area (Å²) in [5, 5.41) is 10.1. The van der Waals surface area contributed by atoms with Gasteiger partial charge in [-0.05, 0) is 28.1 Å². The van der Waals surface area contributed by atoms with Gasteiger partial charge in [-0.25, -0.2) is 4.79 Å². The Morgan fingerprint density at radius 1 is 1.44 bits per heavy atom. The van der Waals surface area contributed by atoms with Crippen molar-refractivity contribution >= 4 is 32.9 Å². The van der Waals surface area contributed by atoms with Crippen molar-refractivity contribution in [2.45, 2.75) is 13.5 Å². The second kappa shape index (κ2) is 4.81. The molecule has 1 aromatic heterocycles. The van der Waals surface area contributed by atoms with E-state index < -0.39 is 11.6 Å². The molecular formula is C12H9BrO5. The minimum absolute atomic E-state index is 0.0154. The molecule has 0 aliphatic rings. The van der Waals surface area contributed by atoms with Crippen LogP contribution >= 0.6 is 15.9 Å². The zero-order valence-electron chi connectivity index (χ0n) is 9.40. The van der Waals surface area contributed by atoms with Crippen LogP contribution < -0.4 is 5.63 Å². The van der Waals surface area contributed by atoms with Crippen LogP contribution in [0, 0.1) is 0 Å². The third-order valence-corrected chi connectivity index (χ3v) is 2.94. The summed E-state index contributed by atoms with van der Waals surface area (Å²) in [5.41, 5.74) is -0.0759. The summed E-state index contributed by atoms with van der Waals surface area (Å²) in [4.78, 5) is 22.3. The maximum absolute atomic E-state index is 11.6. The van der Waals surface area contributed by atoms with Crippen molar-refractivity contribution < 1.29 is 19.1 Å². The lowest BCUT2D eigenvalue weighted by molar-refractivity contribution is -0.142. The molecule has 2 rings (SSSR count). The van der Waals surface area contributed by atoms with Gasteiger partial charge in [0.2, 0.25) is 0 Å². The fourth-order valence-corrected chi connectivity index (χ4v) is 1.81. The molecule has 0 fully saturated rings. The van der Waals surface area contributed by atoms with Gasteiger partial charge in [0.25, 0.3) is 0 Å². The Labute approximate surface area is 110 Å². The minimum atomic E-state index is -0.592. The highest BCUT2D eigenvalue weighted by Crippen LogP contribution is 2.28. The number of aromatic hydroxyl groups is 1. The first kappa shape index (κ1) is 12.6. The van der Waals surface area contributed by atoms with Crippen molar-refractivity contribution in [3.8, 4) is 5.75 Å². The molecule has 0 aliphatic heterocycles. The van der Waals surface area contributed by atoms with Crippen molar-refractivity contribution in [3.05, 3.63) is 38.7 Å². The molecule has 5 nitrogen and oxygen atoms in total. The highest BCUT2D eigenvalue weighted by molar-refractivity contribution is 9.10. The number of benzene rings is 1. The Hall–Kier alpha value is -1.82. The summed E-state index contributed by atoms with van der Waals surface area (Å²) in [6.45, 7) is 1.13. The summed E-state index contributed by atoms with van der Waals surface area (Å²) in [6.07, 6.45) is 0. The zero-order chi connectivity index (χ0) is 13.3. The molecule has 0 saturated heterocycles. The highest BCUT2D eigenvalue weighted by atomic mass is 79.9. The lowest BCUT2D eigenvalue weighted by Gasteiger charge is -2.04. The van der Waals surface area contributed by atoms with E-state index >= 15 is 0 Å². The molecule has 0 bridgehead atoms. The molecule has 18 heavy (non-hydrogen) atoms. The van der Waals surface area contributed by atoms with Crippen molar-refractivity contribution in [1.82, 2.24) is 0 Å². The van der Waals surface area contributed by atoms with E-state index in [-0.39, 0.29) is 23.5 Å². The van der Waals surface area contributed by atoms with Gasteiger partial charge in [-0.2, -0.15) is 0 Å². The van der Waals surface area contributed by atoms with E-state index in [9.17, 15) is 14.7 Å². The van der Waals surface area contributed by atoms with Crippen LogP contribution in [0.15, 0.2) is 31.9 Å². The second-order valence-electron chi connectivity index (χ2n) is 3.68. The van der Waals surface area contributed by atoms with E-state index in [0.29, 0.717) is 9.86 Å². The molecule has 0 spiro atoms. The number of rotatable bonds is 2. The minimum Gasteiger partial charge on any atom is -0.507 e. The van der Waals surface area contributed by atoms with E-state index in [1.165, 1.54) is 13.0 Å². The van der Waals surface area contributed by atoms with Crippen molar-refractivity contribution in [2.75, 3.05) is 0 Å². The topological polar surface area (TPSA) is 76.7 Å². The first-order chi connectivity index (χ1) is 8.47. The number of hydrogen-bond donors (Lipinski definition) is 1. The van der Waals surface area contributed by atoms with Crippen LogP contribution in [0.4, 0.5) is 0 Å². The lowest BCUT2D eigenvalue weighted by Crippen LogP contribution is -2.10. The number of esters is 1. The Morgan fingerprint density at radius 2 is 2.17 bits per heavy atom. The Balaban J connectivity index is 2.50. The maximum Gasteiger partial charge on any atom is 0.342 e. The number of phenolic OH excluding ortho intramolecular Hbond substituents is 1. The first-order valence-electron chi connectivity index (χ1n) is 5.06. The third-order valence-electron chi connectivity index (χ3n) is 2.30. The third kappa shape index (κ3) is 2.53. The fourth-order valence-electron chi connectivity index (χ4n) is 1.45. The smallest absolute Gasteiger partial charge is 0.342 e. The molecule has 0 aliphatic carbocycles. The van der Waals surface area contributed by atoms with Gasteiger partial charge in [0.1, 0.15) is 17.9 Å². The van der Waals surface area contributed by atoms with Gasteiger partial charge in [-0.1, -0.05) is 0 Å². The summed E-state index contributed by atoms with van der Waals surface area (Å²) in [5.74, 6) is -0.486. The number of hydrogen-bond acceptors (Lipinski definition) is 5. The molecule has 0 radical (unpaired) electrons. The number of carbonyl (C=O) groups excluding carboxylic acids is 1. The van der Waals surface area contributed by atoms with Crippen LogP contribution in [-0.2, 0) is 16.1 Å². The number of carbonyl (C=O) groups is 1. The van der Waals surface area contributed by atoms with Crippen LogP contribution in [0.2, 0.25) is 0 Å². The normalized spacial score (nSPS) is 10.6. The highest BCUT2D eigenvalue weighted by Gasteiger charge is 2.09. The number of halogens is 1. The molecule has 94 valence electrons. The van der Waals surface area contributed by atoms with Gasteiger partial charge in [-0.3, -0.25) is 4.79 Å². The van der Waals surface area contributed by atoms with E-state index in [0.717, 1.165) is 0 Å². The van der Waals surface area contributed by atoms with Crippen LogP contribution in [-0.4, -0.2) is 11.1 Å². The molecule has 1 N–H and O–H groups in total. The van der Waals surface area contributed by atoms with E-state index in [1.54, 1.807) is 12.1 Å². The van der Waals surface area contributed by atoms with Crippen LogP contribution in [0.5, 0.6) is 5.75 Å². The molecule has 0 unspecified atom stereocenters. The van der Waals surface area contributed by atoms with Crippen LogP contribution in [0.3, 0.4) is 0 Å². The standard InChI is InChI=1S/C12H9BrO5/c1-6(14)17-5-8-2-7-3-9(13)10(15)4-11(7)18-12(8)16/h2-4,15H,5H2,1H3. The van der Waals surface area contributed by atoms with E-state index in [4.69, 9.17) is 9.15 Å². The quantitative estimate of drug-likeness (QED) is 0.680. The monoisotopic (exact) mass is 312 g/mol. The SMILES string of the molecule is CC(=O)OCc1cc2cc(Br)c(O)cc2oc1=O. The Morgan fingerprint density at radius 3 is 2.83 bits per heavy atom. The average molecular weight is 313 g/mol. The van der Waals surface area contributed by atoms with Gasteiger partial charge < -0.3 is 14.3 Å². The first-order valence-corrected chi connectivity index (χ1v) is 5.85. The maximum atomic E-state index is 11.6. The predicted molar refractivity (Wildman–Crippen MR) is 67.3 cm³/mol. The molecule has 0 atom stereocenters. The zero-order valence-corrected chi connectivity index (χ0v) is 11.0. The van der Waals surface area contributed by atoms with E-state index in [1.807, 2.05) is 0 Å². The van der Waals surface area contributed by atoms with Crippen molar-refractivity contribution in [2.24, 2.45) is 0 Å². The number of ether oxygens (including phenoxy) is 1. The Bertz CT molecular complexity index is 674. The molecule has 0 amide bonds. The van der Waals surface area contributed by atoms with Gasteiger partial charge >= 0.3 is 11.6 Å². The van der Waals surface area contributed by atoms with Crippen LogP contribution in [0.25, 0.3) is 11.0 Å². The summed E-state index contributed by atoms with van der Waals surface area (Å²) < 4.78 is 10.3. The van der Waals surface area contributed by atoms with Gasteiger partial charge in [0, 0.05) is 18.4 Å². The lowest BCUT2D eigenvalue weighted by atomic mass is 10.2. The number of phenols is 1. The van der Waals surface area contributed by atoms with E-state index in [2.05, 4.69) is 15.9 Å². The number of fused-ring (bicyclic) bond motifs is 1. The molecular weight excluding hydrogens is 304 g/mol. The molecule has 6 heteroatoms. The van der Waals surface area contributed by atoms with Crippen molar-refractivity contribution in [3.63, 3.8) is 0 Å². The van der Waals surface area contributed by atoms with Gasteiger partial charge in [0.05, 0.1) is 10.0 Å². The summed E-state index contributed by atoms with van der Waals surface area (Å²) in [6, 6.07) is 4.52. The van der Waals surface area contributed by atoms with Crippen LogP contribution in [0.1, 0.15) is 12.5 Å². The van der Waals surface area contributed by atoms with Crippen molar-refractivity contribution in [1.29, 1.82) is 0 Å². The molecule has 2 aromatic rings. The van der Waals surface area contributed by atoms with Gasteiger partial charge in [-0.15, -0.1) is 0 Å². The summed E-state index contributed by atoms with van der Waals surface area (Å²) in [7, 11) is 0. The second-order valence-corrected chi connectivity index (χ2v) is 4.54. The Kier molecular flexibility index (Phi) is 3.38. The largest absolute Gasteiger partial charge is 0.507 e. The molecule has 1 aromatic carbocycles. The summed E-state index contributed by atoms with van der Waals surface area (Å²) >= 11 is 3.17. The molecule has 1 heterocycles. The average Bonchev–Trinajstić information content (AvgIpc) is 2.29. The fraction of sp³-hybridized carbons (Fsp3) is 0.167. The predicted octanol–water partition coefficient (Wildman–Crippen LogP) is 2.32.